The molecule has 0 unspecified atom stereocenters. The third kappa shape index (κ3) is 4.49. The maximum absolute atomic E-state index is 13.6. The lowest BCUT2D eigenvalue weighted by molar-refractivity contribution is 0.102. The number of rotatable bonds is 4. The fraction of sp³-hybridized carbons (Fsp3) is 0. The summed E-state index contributed by atoms with van der Waals surface area (Å²) in [5.74, 6) is -3.44. The Hall–Kier alpha value is -3.68. The number of hydrogen-bond donors (Lipinski definition) is 2. The number of anilines is 2. The lowest BCUT2D eigenvalue weighted by Crippen LogP contribution is -2.17. The van der Waals surface area contributed by atoms with Crippen molar-refractivity contribution in [2.45, 2.75) is 0 Å². The first-order valence-electron chi connectivity index (χ1n) is 7.72. The molecule has 136 valence electrons. The number of amides is 2. The summed E-state index contributed by atoms with van der Waals surface area (Å²) in [4.78, 5) is 28.4. The number of pyridine rings is 1. The van der Waals surface area contributed by atoms with E-state index in [-0.39, 0.29) is 16.9 Å². The van der Waals surface area contributed by atoms with Crippen LogP contribution in [-0.4, -0.2) is 16.8 Å². The van der Waals surface area contributed by atoms with E-state index in [1.165, 1.54) is 42.6 Å². The van der Waals surface area contributed by atoms with Gasteiger partial charge in [-0.25, -0.2) is 13.2 Å². The molecule has 0 atom stereocenters. The van der Waals surface area contributed by atoms with E-state index in [9.17, 15) is 22.8 Å². The molecule has 2 N–H and O–H groups in total. The standard InChI is InChI=1S/C19H12F3N3O2/c20-12-1-4-14(5-2-12)24-19(27)17-9-11(7-8-23-17)18(26)25-16-6-3-13(21)10-15(16)22/h1-10H,(H,24,27)(H,25,26). The minimum Gasteiger partial charge on any atom is -0.321 e. The molecule has 0 fully saturated rings. The Morgan fingerprint density at radius 1 is 0.778 bits per heavy atom. The highest BCUT2D eigenvalue weighted by molar-refractivity contribution is 6.07. The summed E-state index contributed by atoms with van der Waals surface area (Å²) in [6.07, 6.45) is 1.25. The second kappa shape index (κ2) is 7.69. The number of carbonyl (C=O) groups excluding carboxylic acids is 2. The van der Waals surface area contributed by atoms with Crippen LogP contribution in [0.5, 0.6) is 0 Å². The summed E-state index contributed by atoms with van der Waals surface area (Å²) in [7, 11) is 0. The molecule has 3 rings (SSSR count). The molecule has 0 radical (unpaired) electrons. The van der Waals surface area contributed by atoms with Crippen molar-refractivity contribution in [1.29, 1.82) is 0 Å². The Balaban J connectivity index is 1.75. The smallest absolute Gasteiger partial charge is 0.274 e. The van der Waals surface area contributed by atoms with Gasteiger partial charge in [-0.05, 0) is 48.5 Å². The Morgan fingerprint density at radius 3 is 2.19 bits per heavy atom. The molecule has 2 amide bonds. The number of nitrogens with one attached hydrogen (secondary N) is 2. The zero-order chi connectivity index (χ0) is 19.4. The maximum atomic E-state index is 13.6. The zero-order valence-electron chi connectivity index (χ0n) is 13.7. The van der Waals surface area contributed by atoms with Crippen molar-refractivity contribution >= 4 is 23.2 Å². The molecule has 2 aromatic carbocycles. The minimum atomic E-state index is -0.924. The monoisotopic (exact) mass is 371 g/mol. The molecule has 0 aliphatic heterocycles. The van der Waals surface area contributed by atoms with Gasteiger partial charge in [0.15, 0.2) is 0 Å². The SMILES string of the molecule is O=C(Nc1ccc(F)cc1F)c1ccnc(C(=O)Nc2ccc(F)cc2)c1. The summed E-state index contributed by atoms with van der Waals surface area (Å²) in [5.41, 5.74) is 0.145. The van der Waals surface area contributed by atoms with Gasteiger partial charge in [0.25, 0.3) is 11.8 Å². The second-order valence-corrected chi connectivity index (χ2v) is 5.47. The van der Waals surface area contributed by atoms with E-state index in [1.54, 1.807) is 0 Å². The van der Waals surface area contributed by atoms with E-state index in [0.717, 1.165) is 12.1 Å². The summed E-state index contributed by atoms with van der Waals surface area (Å²) in [5, 5.41) is 4.81. The molecule has 5 nitrogen and oxygen atoms in total. The first-order chi connectivity index (χ1) is 12.9. The van der Waals surface area contributed by atoms with E-state index in [0.29, 0.717) is 11.8 Å². The van der Waals surface area contributed by atoms with Crippen molar-refractivity contribution in [2.24, 2.45) is 0 Å². The van der Waals surface area contributed by atoms with Crippen molar-refractivity contribution in [3.05, 3.63) is 89.5 Å². The predicted molar refractivity (Wildman–Crippen MR) is 92.9 cm³/mol. The number of benzene rings is 2. The Kier molecular flexibility index (Phi) is 5.16. The van der Waals surface area contributed by atoms with E-state index in [4.69, 9.17) is 0 Å². The number of hydrogen-bond acceptors (Lipinski definition) is 3. The van der Waals surface area contributed by atoms with Gasteiger partial charge in [-0.2, -0.15) is 0 Å². The topological polar surface area (TPSA) is 71.1 Å². The van der Waals surface area contributed by atoms with Gasteiger partial charge >= 0.3 is 0 Å². The van der Waals surface area contributed by atoms with Crippen molar-refractivity contribution in [3.8, 4) is 0 Å². The Bertz CT molecular complexity index is 1010. The zero-order valence-corrected chi connectivity index (χ0v) is 13.7. The van der Waals surface area contributed by atoms with Gasteiger partial charge in [0.1, 0.15) is 23.1 Å². The molecule has 27 heavy (non-hydrogen) atoms. The second-order valence-electron chi connectivity index (χ2n) is 5.47. The number of nitrogens with zero attached hydrogens (tertiary/aromatic N) is 1. The molecule has 0 bridgehead atoms. The predicted octanol–water partition coefficient (Wildman–Crippen LogP) is 4.00. The van der Waals surface area contributed by atoms with E-state index < -0.39 is 29.3 Å². The van der Waals surface area contributed by atoms with Crippen LogP contribution >= 0.6 is 0 Å². The van der Waals surface area contributed by atoms with E-state index in [2.05, 4.69) is 15.6 Å². The highest BCUT2D eigenvalue weighted by Crippen LogP contribution is 2.16. The van der Waals surface area contributed by atoms with Crippen LogP contribution < -0.4 is 10.6 Å². The molecular formula is C19H12F3N3O2. The van der Waals surface area contributed by atoms with Crippen LogP contribution in [0.25, 0.3) is 0 Å². The molecule has 0 spiro atoms. The third-order valence-electron chi connectivity index (χ3n) is 3.54. The van der Waals surface area contributed by atoms with Crippen molar-refractivity contribution in [3.63, 3.8) is 0 Å². The van der Waals surface area contributed by atoms with Crippen molar-refractivity contribution < 1.29 is 22.8 Å². The molecule has 8 heteroatoms. The maximum Gasteiger partial charge on any atom is 0.274 e. The molecule has 0 aliphatic carbocycles. The summed E-state index contributed by atoms with van der Waals surface area (Å²) in [6, 6.07) is 10.4. The summed E-state index contributed by atoms with van der Waals surface area (Å²) in [6.45, 7) is 0. The molecule has 1 heterocycles. The van der Waals surface area contributed by atoms with Crippen LogP contribution in [0.1, 0.15) is 20.8 Å². The highest BCUT2D eigenvalue weighted by Gasteiger charge is 2.14. The fourth-order valence-electron chi connectivity index (χ4n) is 2.21. The highest BCUT2D eigenvalue weighted by atomic mass is 19.1. The van der Waals surface area contributed by atoms with Crippen LogP contribution in [0.15, 0.2) is 60.8 Å². The normalized spacial score (nSPS) is 10.3. The summed E-state index contributed by atoms with van der Waals surface area (Å²) >= 11 is 0. The average molecular weight is 371 g/mol. The summed E-state index contributed by atoms with van der Waals surface area (Å²) < 4.78 is 39.5. The molecule has 0 saturated heterocycles. The van der Waals surface area contributed by atoms with Gasteiger partial charge in [-0.15, -0.1) is 0 Å². The van der Waals surface area contributed by atoms with Gasteiger partial charge in [-0.3, -0.25) is 14.6 Å². The van der Waals surface area contributed by atoms with Crippen molar-refractivity contribution in [1.82, 2.24) is 4.98 Å². The Morgan fingerprint density at radius 2 is 1.48 bits per heavy atom. The first-order valence-corrected chi connectivity index (χ1v) is 7.72. The van der Waals surface area contributed by atoms with Gasteiger partial charge in [0.2, 0.25) is 0 Å². The van der Waals surface area contributed by atoms with Crippen LogP contribution in [0, 0.1) is 17.5 Å². The van der Waals surface area contributed by atoms with E-state index >= 15 is 0 Å². The first kappa shape index (κ1) is 18.1. The lowest BCUT2D eigenvalue weighted by atomic mass is 10.2. The molecular weight excluding hydrogens is 359 g/mol. The van der Waals surface area contributed by atoms with Gasteiger partial charge in [0, 0.05) is 23.5 Å². The number of halogens is 3. The van der Waals surface area contributed by atoms with Crippen LogP contribution in [0.3, 0.4) is 0 Å². The lowest BCUT2D eigenvalue weighted by Gasteiger charge is -2.08. The fourth-order valence-corrected chi connectivity index (χ4v) is 2.21. The minimum absolute atomic E-state index is 0.0537. The average Bonchev–Trinajstić information content (AvgIpc) is 2.66. The van der Waals surface area contributed by atoms with Crippen molar-refractivity contribution in [2.75, 3.05) is 10.6 Å². The van der Waals surface area contributed by atoms with Crippen LogP contribution in [0.2, 0.25) is 0 Å². The quantitative estimate of drug-likeness (QED) is 0.728. The number of carbonyl (C=O) groups is 2. The van der Waals surface area contributed by atoms with Gasteiger partial charge in [0.05, 0.1) is 5.69 Å². The third-order valence-corrected chi connectivity index (χ3v) is 3.54. The van der Waals surface area contributed by atoms with Gasteiger partial charge < -0.3 is 10.6 Å². The van der Waals surface area contributed by atoms with Crippen LogP contribution in [-0.2, 0) is 0 Å². The Labute approximate surface area is 151 Å². The molecule has 1 aromatic heterocycles. The van der Waals surface area contributed by atoms with E-state index in [1.807, 2.05) is 0 Å². The molecule has 0 saturated carbocycles. The molecule has 0 aliphatic rings. The number of aromatic nitrogens is 1. The van der Waals surface area contributed by atoms with Gasteiger partial charge in [-0.1, -0.05) is 0 Å². The molecule has 3 aromatic rings. The largest absolute Gasteiger partial charge is 0.321 e. The van der Waals surface area contributed by atoms with Crippen LogP contribution in [0.4, 0.5) is 24.5 Å².